The zero-order valence-electron chi connectivity index (χ0n) is 10.1. The number of hydrogen-bond donors (Lipinski definition) is 1. The Morgan fingerprint density at radius 2 is 2.12 bits per heavy atom. The first-order valence-corrected chi connectivity index (χ1v) is 6.39. The lowest BCUT2D eigenvalue weighted by Gasteiger charge is -2.39. The Kier molecular flexibility index (Phi) is 2.63. The number of carbonyl (C=O) groups is 1. The molecule has 1 aromatic carbocycles. The van der Waals surface area contributed by atoms with Gasteiger partial charge in [-0.15, -0.1) is 0 Å². The monoisotopic (exact) mass is 230 g/mol. The van der Waals surface area contributed by atoms with Gasteiger partial charge < -0.3 is 10.2 Å². The molecule has 0 aromatic heterocycles. The second-order valence-corrected chi connectivity index (χ2v) is 5.08. The number of hydrogen-bond acceptors (Lipinski definition) is 2. The maximum absolute atomic E-state index is 12.4. The molecule has 0 saturated carbocycles. The van der Waals surface area contributed by atoms with Gasteiger partial charge in [0, 0.05) is 24.8 Å². The fourth-order valence-electron chi connectivity index (χ4n) is 2.68. The standard InChI is InChI=1S/C14H18N2O/c1-10-6-7-11-4-2-3-5-13(11)16(10)14(17)12-8-15-9-12/h2-5,10,12,15H,6-9H2,1H3. The molecule has 2 heterocycles. The van der Waals surface area contributed by atoms with Crippen LogP contribution in [0.25, 0.3) is 0 Å². The van der Waals surface area contributed by atoms with Crippen LogP contribution in [0.2, 0.25) is 0 Å². The van der Waals surface area contributed by atoms with Crippen LogP contribution in [-0.2, 0) is 11.2 Å². The molecule has 1 unspecified atom stereocenters. The van der Waals surface area contributed by atoms with E-state index in [0.29, 0.717) is 11.9 Å². The highest BCUT2D eigenvalue weighted by atomic mass is 16.2. The van der Waals surface area contributed by atoms with E-state index in [0.717, 1.165) is 31.6 Å². The first-order valence-electron chi connectivity index (χ1n) is 6.39. The second-order valence-electron chi connectivity index (χ2n) is 5.08. The first-order chi connectivity index (χ1) is 8.27. The lowest BCUT2D eigenvalue weighted by atomic mass is 9.93. The predicted molar refractivity (Wildman–Crippen MR) is 68.1 cm³/mol. The summed E-state index contributed by atoms with van der Waals surface area (Å²) in [5.74, 6) is 0.479. The summed E-state index contributed by atoms with van der Waals surface area (Å²) in [6, 6.07) is 8.63. The fraction of sp³-hybridized carbons (Fsp3) is 0.500. The third kappa shape index (κ3) is 1.75. The molecule has 17 heavy (non-hydrogen) atoms. The first kappa shape index (κ1) is 10.8. The number of fused-ring (bicyclic) bond motifs is 1. The number of anilines is 1. The summed E-state index contributed by atoms with van der Waals surface area (Å²) in [6.45, 7) is 3.83. The van der Waals surface area contributed by atoms with E-state index in [4.69, 9.17) is 0 Å². The maximum atomic E-state index is 12.4. The van der Waals surface area contributed by atoms with Gasteiger partial charge in [-0.2, -0.15) is 0 Å². The zero-order chi connectivity index (χ0) is 11.8. The van der Waals surface area contributed by atoms with Crippen molar-refractivity contribution in [1.29, 1.82) is 0 Å². The summed E-state index contributed by atoms with van der Waals surface area (Å²) in [5.41, 5.74) is 2.44. The Balaban J connectivity index is 1.94. The van der Waals surface area contributed by atoms with Crippen molar-refractivity contribution in [1.82, 2.24) is 5.32 Å². The van der Waals surface area contributed by atoms with Gasteiger partial charge in [0.25, 0.3) is 0 Å². The van der Waals surface area contributed by atoms with E-state index < -0.39 is 0 Å². The van der Waals surface area contributed by atoms with E-state index in [1.807, 2.05) is 11.0 Å². The molecular weight excluding hydrogens is 212 g/mol. The molecule has 0 radical (unpaired) electrons. The third-order valence-electron chi connectivity index (χ3n) is 3.89. The summed E-state index contributed by atoms with van der Waals surface area (Å²) < 4.78 is 0. The van der Waals surface area contributed by atoms with E-state index in [9.17, 15) is 4.79 Å². The molecule has 1 saturated heterocycles. The van der Waals surface area contributed by atoms with E-state index in [-0.39, 0.29) is 5.92 Å². The molecule has 1 atom stereocenters. The van der Waals surface area contributed by atoms with Crippen LogP contribution in [0, 0.1) is 5.92 Å². The summed E-state index contributed by atoms with van der Waals surface area (Å²) in [7, 11) is 0. The maximum Gasteiger partial charge on any atom is 0.232 e. The molecule has 1 aromatic rings. The average Bonchev–Trinajstić information content (AvgIpc) is 2.26. The van der Waals surface area contributed by atoms with Crippen molar-refractivity contribution < 1.29 is 4.79 Å². The van der Waals surface area contributed by atoms with Crippen molar-refractivity contribution in [3.63, 3.8) is 0 Å². The molecule has 90 valence electrons. The van der Waals surface area contributed by atoms with Gasteiger partial charge in [0.2, 0.25) is 5.91 Å². The highest BCUT2D eigenvalue weighted by Gasteiger charge is 2.34. The Bertz CT molecular complexity index is 440. The van der Waals surface area contributed by atoms with Crippen molar-refractivity contribution in [3.8, 4) is 0 Å². The molecule has 0 aliphatic carbocycles. The fourth-order valence-corrected chi connectivity index (χ4v) is 2.68. The average molecular weight is 230 g/mol. The molecule has 3 nitrogen and oxygen atoms in total. The Morgan fingerprint density at radius 3 is 2.82 bits per heavy atom. The van der Waals surface area contributed by atoms with Crippen LogP contribution < -0.4 is 10.2 Å². The topological polar surface area (TPSA) is 32.3 Å². The Hall–Kier alpha value is -1.35. The third-order valence-corrected chi connectivity index (χ3v) is 3.89. The van der Waals surface area contributed by atoms with Gasteiger partial charge >= 0.3 is 0 Å². The lowest BCUT2D eigenvalue weighted by molar-refractivity contribution is -0.124. The van der Waals surface area contributed by atoms with Crippen molar-refractivity contribution in [2.24, 2.45) is 5.92 Å². The summed E-state index contributed by atoms with van der Waals surface area (Å²) in [5, 5.41) is 3.17. The van der Waals surface area contributed by atoms with Gasteiger partial charge in [-0.25, -0.2) is 0 Å². The molecule has 1 N–H and O–H groups in total. The van der Waals surface area contributed by atoms with E-state index in [1.165, 1.54) is 5.56 Å². The quantitative estimate of drug-likeness (QED) is 0.794. The minimum atomic E-state index is 0.184. The number of rotatable bonds is 1. The summed E-state index contributed by atoms with van der Waals surface area (Å²) in [6.07, 6.45) is 2.16. The number of nitrogens with zero attached hydrogens (tertiary/aromatic N) is 1. The van der Waals surface area contributed by atoms with Gasteiger partial charge in [0.1, 0.15) is 0 Å². The van der Waals surface area contributed by atoms with Crippen LogP contribution in [0.3, 0.4) is 0 Å². The van der Waals surface area contributed by atoms with Crippen LogP contribution >= 0.6 is 0 Å². The molecule has 1 fully saturated rings. The highest BCUT2D eigenvalue weighted by Crippen LogP contribution is 2.31. The van der Waals surface area contributed by atoms with Crippen molar-refractivity contribution >= 4 is 11.6 Å². The van der Waals surface area contributed by atoms with Crippen LogP contribution in [-0.4, -0.2) is 25.0 Å². The van der Waals surface area contributed by atoms with Crippen LogP contribution in [0.4, 0.5) is 5.69 Å². The predicted octanol–water partition coefficient (Wildman–Crippen LogP) is 1.57. The molecule has 0 bridgehead atoms. The number of aryl methyl sites for hydroxylation is 1. The molecule has 3 rings (SSSR count). The molecule has 2 aliphatic heterocycles. The molecule has 1 amide bonds. The second kappa shape index (κ2) is 4.15. The van der Waals surface area contributed by atoms with Crippen LogP contribution in [0.5, 0.6) is 0 Å². The number of benzene rings is 1. The van der Waals surface area contributed by atoms with Gasteiger partial charge in [-0.05, 0) is 31.4 Å². The minimum absolute atomic E-state index is 0.184. The largest absolute Gasteiger partial charge is 0.315 e. The van der Waals surface area contributed by atoms with Crippen molar-refractivity contribution in [3.05, 3.63) is 29.8 Å². The van der Waals surface area contributed by atoms with Crippen molar-refractivity contribution in [2.45, 2.75) is 25.8 Å². The van der Waals surface area contributed by atoms with E-state index in [1.54, 1.807) is 0 Å². The zero-order valence-corrected chi connectivity index (χ0v) is 10.1. The normalized spacial score (nSPS) is 24.1. The molecule has 3 heteroatoms. The van der Waals surface area contributed by atoms with Crippen molar-refractivity contribution in [2.75, 3.05) is 18.0 Å². The number of carbonyl (C=O) groups excluding carboxylic acids is 1. The number of amides is 1. The van der Waals surface area contributed by atoms with E-state index in [2.05, 4.69) is 30.4 Å². The van der Waals surface area contributed by atoms with Gasteiger partial charge in [-0.3, -0.25) is 4.79 Å². The van der Waals surface area contributed by atoms with Crippen LogP contribution in [0.1, 0.15) is 18.9 Å². The van der Waals surface area contributed by atoms with Gasteiger partial charge in [0.05, 0.1) is 5.92 Å². The van der Waals surface area contributed by atoms with Gasteiger partial charge in [-0.1, -0.05) is 18.2 Å². The lowest BCUT2D eigenvalue weighted by Crippen LogP contribution is -2.55. The SMILES string of the molecule is CC1CCc2ccccc2N1C(=O)C1CNC1. The molecular formula is C14H18N2O. The number of nitrogens with one attached hydrogen (secondary N) is 1. The Labute approximate surface area is 102 Å². The molecule has 2 aliphatic rings. The summed E-state index contributed by atoms with van der Waals surface area (Å²) >= 11 is 0. The van der Waals surface area contributed by atoms with Gasteiger partial charge in [0.15, 0.2) is 0 Å². The Morgan fingerprint density at radius 1 is 1.35 bits per heavy atom. The molecule has 0 spiro atoms. The summed E-state index contributed by atoms with van der Waals surface area (Å²) in [4.78, 5) is 14.5. The highest BCUT2D eigenvalue weighted by molar-refractivity contribution is 5.97. The smallest absolute Gasteiger partial charge is 0.232 e. The number of para-hydroxylation sites is 1. The van der Waals surface area contributed by atoms with Crippen LogP contribution in [0.15, 0.2) is 24.3 Å². The minimum Gasteiger partial charge on any atom is -0.315 e. The van der Waals surface area contributed by atoms with E-state index >= 15 is 0 Å².